The summed E-state index contributed by atoms with van der Waals surface area (Å²) in [7, 11) is 0. The zero-order chi connectivity index (χ0) is 31.5. The Morgan fingerprint density at radius 2 is 1.53 bits per heavy atom. The van der Waals surface area contributed by atoms with E-state index in [1.807, 2.05) is 18.2 Å². The van der Waals surface area contributed by atoms with Gasteiger partial charge in [0.2, 0.25) is 0 Å². The molecule has 4 amide bonds. The fourth-order valence-electron chi connectivity index (χ4n) is 5.09. The van der Waals surface area contributed by atoms with Gasteiger partial charge in [0.15, 0.2) is 0 Å². The standard InChI is InChI=1S/C28H32Cl3N3O9/c1-27(2,3)41-25(38)32-15-18(33(26(39)42-28(29,30)31)40-16-17-9-5-4-6-10-17)13-14-21(32)24(37)43-34-22(35)19-11-7-8-12-20(19)23(34)36/h4-10,18-21H,11-16H2,1-3H3/t18-,19?,20?,21+/m1/s1. The number of ether oxygens (including phenoxy) is 2. The van der Waals surface area contributed by atoms with E-state index >= 15 is 0 Å². The molecule has 0 saturated carbocycles. The zero-order valence-electron chi connectivity index (χ0n) is 23.7. The number of fused-ring (bicyclic) bond motifs is 1. The van der Waals surface area contributed by atoms with Gasteiger partial charge in [-0.25, -0.2) is 14.4 Å². The van der Waals surface area contributed by atoms with Gasteiger partial charge in [0.25, 0.3) is 11.8 Å². The summed E-state index contributed by atoms with van der Waals surface area (Å²) in [6.45, 7) is 4.58. The minimum Gasteiger partial charge on any atom is -0.444 e. The van der Waals surface area contributed by atoms with Crippen molar-refractivity contribution in [2.45, 2.75) is 74.7 Å². The highest BCUT2D eigenvalue weighted by Crippen LogP contribution is 2.36. The maximum absolute atomic E-state index is 13.4. The molecule has 0 aromatic heterocycles. The van der Waals surface area contributed by atoms with Crippen LogP contribution in [-0.2, 0) is 40.1 Å². The summed E-state index contributed by atoms with van der Waals surface area (Å²) in [5, 5.41) is 1.34. The van der Waals surface area contributed by atoms with Crippen molar-refractivity contribution in [3.8, 4) is 0 Å². The molecule has 4 rings (SSSR count). The number of likely N-dealkylation sites (tertiary alicyclic amines) is 1. The van der Waals surface area contributed by atoms with E-state index in [0.29, 0.717) is 23.5 Å². The number of hydrogen-bond donors (Lipinski definition) is 0. The van der Waals surface area contributed by atoms with Crippen LogP contribution in [0.25, 0.3) is 0 Å². The monoisotopic (exact) mass is 659 g/mol. The smallest absolute Gasteiger partial charge is 0.437 e. The van der Waals surface area contributed by atoms with Crippen LogP contribution in [0.15, 0.2) is 42.5 Å². The second kappa shape index (κ2) is 13.3. The number of amides is 4. The van der Waals surface area contributed by atoms with Crippen molar-refractivity contribution in [1.82, 2.24) is 15.0 Å². The van der Waals surface area contributed by atoms with Crippen LogP contribution >= 0.6 is 34.8 Å². The molecule has 0 radical (unpaired) electrons. The van der Waals surface area contributed by atoms with Crippen LogP contribution in [0.1, 0.15) is 52.0 Å². The normalized spacial score (nSPS) is 24.0. The summed E-state index contributed by atoms with van der Waals surface area (Å²) in [5.41, 5.74) is -0.230. The summed E-state index contributed by atoms with van der Waals surface area (Å²) in [5.74, 6) is -3.44. The van der Waals surface area contributed by atoms with Crippen molar-refractivity contribution in [2.24, 2.45) is 11.8 Å². The number of imide groups is 1. The third-order valence-electron chi connectivity index (χ3n) is 7.03. The Hall–Kier alpha value is -3.06. The second-order valence-corrected chi connectivity index (χ2v) is 13.5. The van der Waals surface area contributed by atoms with Gasteiger partial charge in [-0.3, -0.25) is 19.3 Å². The van der Waals surface area contributed by atoms with Crippen molar-refractivity contribution in [2.75, 3.05) is 6.54 Å². The minimum absolute atomic E-state index is 0.0559. The maximum Gasteiger partial charge on any atom is 0.437 e. The van der Waals surface area contributed by atoms with Gasteiger partial charge in [-0.1, -0.05) is 42.5 Å². The molecule has 2 heterocycles. The van der Waals surface area contributed by atoms with Crippen molar-refractivity contribution < 1.29 is 43.1 Å². The minimum atomic E-state index is -2.40. The topological polar surface area (TPSA) is 132 Å². The Morgan fingerprint density at radius 3 is 2.09 bits per heavy atom. The first-order chi connectivity index (χ1) is 20.1. The third kappa shape index (κ3) is 8.31. The molecule has 2 aliphatic heterocycles. The molecule has 1 aliphatic carbocycles. The molecule has 2 fully saturated rings. The summed E-state index contributed by atoms with van der Waals surface area (Å²) < 4.78 is 8.02. The van der Waals surface area contributed by atoms with Gasteiger partial charge in [-0.15, -0.1) is 5.06 Å². The number of alkyl halides is 3. The molecular formula is C28H32Cl3N3O9. The van der Waals surface area contributed by atoms with Gasteiger partial charge in [0.1, 0.15) is 18.2 Å². The first-order valence-electron chi connectivity index (χ1n) is 13.6. The molecule has 2 saturated heterocycles. The van der Waals surface area contributed by atoms with Crippen molar-refractivity contribution in [3.63, 3.8) is 0 Å². The van der Waals surface area contributed by atoms with Gasteiger partial charge in [-0.2, -0.15) is 5.06 Å². The van der Waals surface area contributed by atoms with Crippen molar-refractivity contribution in [1.29, 1.82) is 0 Å². The lowest BCUT2D eigenvalue weighted by Gasteiger charge is -2.41. The number of nitrogens with zero attached hydrogens (tertiary/aromatic N) is 3. The van der Waals surface area contributed by atoms with Crippen molar-refractivity contribution in [3.05, 3.63) is 48.0 Å². The number of rotatable bonds is 6. The van der Waals surface area contributed by atoms with E-state index in [1.165, 1.54) is 0 Å². The van der Waals surface area contributed by atoms with E-state index < -0.39 is 63.5 Å². The summed E-state index contributed by atoms with van der Waals surface area (Å²) >= 11 is 17.1. The number of hydroxylamine groups is 4. The lowest BCUT2D eigenvalue weighted by Crippen LogP contribution is -2.59. The van der Waals surface area contributed by atoms with Gasteiger partial charge in [0.05, 0.1) is 17.9 Å². The average Bonchev–Trinajstić information content (AvgIpc) is 3.16. The Labute approximate surface area is 263 Å². The summed E-state index contributed by atoms with van der Waals surface area (Å²) in [4.78, 5) is 77.7. The molecule has 43 heavy (non-hydrogen) atoms. The highest BCUT2D eigenvalue weighted by atomic mass is 35.6. The number of allylic oxidation sites excluding steroid dienone is 2. The van der Waals surface area contributed by atoms with E-state index in [9.17, 15) is 24.0 Å². The van der Waals surface area contributed by atoms with Crippen molar-refractivity contribution >= 4 is 64.8 Å². The average molecular weight is 661 g/mol. The lowest BCUT2D eigenvalue weighted by atomic mass is 9.85. The van der Waals surface area contributed by atoms with Gasteiger partial charge in [0, 0.05) is 6.54 Å². The number of carbonyl (C=O) groups is 5. The lowest BCUT2D eigenvalue weighted by molar-refractivity contribution is -0.206. The molecule has 3 aliphatic rings. The zero-order valence-corrected chi connectivity index (χ0v) is 26.0. The fourth-order valence-corrected chi connectivity index (χ4v) is 5.29. The largest absolute Gasteiger partial charge is 0.444 e. The molecule has 0 N–H and O–H groups in total. The van der Waals surface area contributed by atoms with E-state index in [1.54, 1.807) is 45.0 Å². The van der Waals surface area contributed by atoms with Crippen LogP contribution in [0, 0.1) is 11.8 Å². The number of hydrogen-bond acceptors (Lipinski definition) is 9. The van der Waals surface area contributed by atoms with E-state index in [4.69, 9.17) is 54.0 Å². The second-order valence-electron chi connectivity index (χ2n) is 11.3. The van der Waals surface area contributed by atoms with Crippen LogP contribution in [-0.4, -0.2) is 73.2 Å². The van der Waals surface area contributed by atoms with E-state index in [2.05, 4.69) is 0 Å². The molecule has 0 bridgehead atoms. The summed E-state index contributed by atoms with van der Waals surface area (Å²) in [6, 6.07) is 6.77. The number of benzene rings is 1. The maximum atomic E-state index is 13.4. The Balaban J connectivity index is 1.55. The summed E-state index contributed by atoms with van der Waals surface area (Å²) in [6.07, 6.45) is 2.35. The van der Waals surface area contributed by atoms with Crippen LogP contribution in [0.4, 0.5) is 9.59 Å². The molecule has 15 heteroatoms. The number of carbonyl (C=O) groups excluding carboxylic acids is 5. The molecule has 234 valence electrons. The Bertz CT molecular complexity index is 1240. The molecular weight excluding hydrogens is 629 g/mol. The molecule has 1 aromatic carbocycles. The fraction of sp³-hybridized carbons (Fsp3) is 0.536. The van der Waals surface area contributed by atoms with Gasteiger partial charge in [-0.05, 0) is 86.8 Å². The number of piperidine rings is 1. The Kier molecular flexibility index (Phi) is 10.2. The third-order valence-corrected chi connectivity index (χ3v) is 7.26. The van der Waals surface area contributed by atoms with Gasteiger partial charge < -0.3 is 14.3 Å². The molecule has 0 spiro atoms. The van der Waals surface area contributed by atoms with Crippen LogP contribution in [0.5, 0.6) is 0 Å². The molecule has 2 unspecified atom stereocenters. The first kappa shape index (κ1) is 32.8. The highest BCUT2D eigenvalue weighted by Gasteiger charge is 2.51. The quantitative estimate of drug-likeness (QED) is 0.178. The number of halogens is 3. The van der Waals surface area contributed by atoms with E-state index in [-0.39, 0.29) is 26.0 Å². The van der Waals surface area contributed by atoms with E-state index in [0.717, 1.165) is 9.96 Å². The van der Waals surface area contributed by atoms with Crippen LogP contribution in [0.2, 0.25) is 0 Å². The van der Waals surface area contributed by atoms with Gasteiger partial charge >= 0.3 is 22.1 Å². The predicted octanol–water partition coefficient (Wildman–Crippen LogP) is 5.06. The predicted molar refractivity (Wildman–Crippen MR) is 153 cm³/mol. The Morgan fingerprint density at radius 1 is 0.930 bits per heavy atom. The molecule has 12 nitrogen and oxygen atoms in total. The highest BCUT2D eigenvalue weighted by molar-refractivity contribution is 6.66. The molecule has 1 aromatic rings. The SMILES string of the molecule is CC(C)(C)OC(=O)N1C[C@H](N(OCc2ccccc2)C(=O)OC(Cl)(Cl)Cl)CC[C@H]1C(=O)ON1C(=O)C2CC=CCC2C1=O. The first-order valence-corrected chi connectivity index (χ1v) is 14.8. The van der Waals surface area contributed by atoms with Crippen LogP contribution in [0.3, 0.4) is 0 Å². The van der Waals surface area contributed by atoms with Crippen LogP contribution < -0.4 is 0 Å². The molecule has 4 atom stereocenters.